The van der Waals surface area contributed by atoms with E-state index in [1.165, 1.54) is 5.56 Å². The van der Waals surface area contributed by atoms with Gasteiger partial charge >= 0.3 is 5.97 Å². The molecule has 0 radical (unpaired) electrons. The summed E-state index contributed by atoms with van der Waals surface area (Å²) in [6.07, 6.45) is 11.8. The van der Waals surface area contributed by atoms with Crippen LogP contribution >= 0.6 is 0 Å². The highest BCUT2D eigenvalue weighted by Crippen LogP contribution is 2.27. The Hall–Kier alpha value is -2.30. The molecule has 1 aliphatic heterocycles. The van der Waals surface area contributed by atoms with Gasteiger partial charge in [0, 0.05) is 11.5 Å². The first kappa shape index (κ1) is 21.0. The number of nitrogens with two attached hydrogens (primary N) is 1. The maximum Gasteiger partial charge on any atom is 0.340 e. The minimum atomic E-state index is -0.288. The SMILES string of the molecule is CC(C)(C)c1ccc(OCCOC(=O)C2=C[NH2+]C=C3C=CC=CC32)cc1.[Cl-]. The molecule has 1 atom stereocenters. The van der Waals surface area contributed by atoms with E-state index in [1.807, 2.05) is 54.2 Å². The molecule has 3 rings (SSSR count). The molecule has 27 heavy (non-hydrogen) atoms. The number of fused-ring (bicyclic) bond motifs is 1. The number of esters is 1. The molecular weight excluding hydrogens is 362 g/mol. The summed E-state index contributed by atoms with van der Waals surface area (Å²) in [4.78, 5) is 12.4. The highest BCUT2D eigenvalue weighted by Gasteiger charge is 2.28. The second-order valence-corrected chi connectivity index (χ2v) is 7.46. The summed E-state index contributed by atoms with van der Waals surface area (Å²) < 4.78 is 11.1. The molecule has 2 N–H and O–H groups in total. The molecule has 0 spiro atoms. The van der Waals surface area contributed by atoms with E-state index in [9.17, 15) is 4.79 Å². The molecule has 0 aromatic heterocycles. The minimum absolute atomic E-state index is 0. The van der Waals surface area contributed by atoms with E-state index in [1.54, 1.807) is 0 Å². The Bertz CT molecular complexity index is 783. The predicted molar refractivity (Wildman–Crippen MR) is 101 cm³/mol. The Morgan fingerprint density at radius 1 is 1.07 bits per heavy atom. The normalized spacial score (nSPS) is 18.0. The van der Waals surface area contributed by atoms with Crippen molar-refractivity contribution in [2.45, 2.75) is 26.2 Å². The Morgan fingerprint density at radius 3 is 2.52 bits per heavy atom. The third-order valence-corrected chi connectivity index (χ3v) is 4.50. The number of hydrogen-bond acceptors (Lipinski definition) is 3. The van der Waals surface area contributed by atoms with Crippen molar-refractivity contribution in [1.82, 2.24) is 0 Å². The van der Waals surface area contributed by atoms with E-state index in [4.69, 9.17) is 9.47 Å². The molecular formula is C22H26ClNO3. The van der Waals surface area contributed by atoms with Crippen molar-refractivity contribution in [2.24, 2.45) is 5.92 Å². The topological polar surface area (TPSA) is 52.1 Å². The summed E-state index contributed by atoms with van der Waals surface area (Å²) in [5.41, 5.74) is 3.15. The van der Waals surface area contributed by atoms with Crippen LogP contribution in [0.5, 0.6) is 5.75 Å². The van der Waals surface area contributed by atoms with Gasteiger partial charge in [0.2, 0.25) is 0 Å². The first-order valence-corrected chi connectivity index (χ1v) is 8.95. The number of carbonyl (C=O) groups excluding carboxylic acids is 1. The number of rotatable bonds is 5. The highest BCUT2D eigenvalue weighted by atomic mass is 35.5. The molecule has 0 fully saturated rings. The number of benzene rings is 1. The first-order valence-electron chi connectivity index (χ1n) is 8.95. The van der Waals surface area contributed by atoms with E-state index >= 15 is 0 Å². The average molecular weight is 388 g/mol. The summed E-state index contributed by atoms with van der Waals surface area (Å²) in [5.74, 6) is 0.483. The fraction of sp³-hybridized carbons (Fsp3) is 0.318. The van der Waals surface area contributed by atoms with Gasteiger partial charge in [-0.15, -0.1) is 0 Å². The molecule has 0 saturated carbocycles. The van der Waals surface area contributed by atoms with Gasteiger partial charge in [0.1, 0.15) is 36.9 Å². The van der Waals surface area contributed by atoms with Crippen molar-refractivity contribution in [3.8, 4) is 5.75 Å². The largest absolute Gasteiger partial charge is 1.00 e. The lowest BCUT2D eigenvalue weighted by molar-refractivity contribution is -0.517. The number of halogens is 1. The van der Waals surface area contributed by atoms with Crippen molar-refractivity contribution < 1.29 is 32.0 Å². The summed E-state index contributed by atoms with van der Waals surface area (Å²) in [6.45, 7) is 7.09. The van der Waals surface area contributed by atoms with Crippen LogP contribution in [0.3, 0.4) is 0 Å². The van der Waals surface area contributed by atoms with Crippen LogP contribution in [0, 0.1) is 5.92 Å². The fourth-order valence-corrected chi connectivity index (χ4v) is 2.99. The summed E-state index contributed by atoms with van der Waals surface area (Å²) in [7, 11) is 0. The molecule has 4 nitrogen and oxygen atoms in total. The first-order chi connectivity index (χ1) is 12.4. The van der Waals surface area contributed by atoms with Gasteiger partial charge in [0.15, 0.2) is 0 Å². The van der Waals surface area contributed by atoms with Crippen LogP contribution in [0.15, 0.2) is 72.1 Å². The van der Waals surface area contributed by atoms with Crippen molar-refractivity contribution in [3.63, 3.8) is 0 Å². The van der Waals surface area contributed by atoms with Gasteiger partial charge in [0.05, 0.1) is 0 Å². The smallest absolute Gasteiger partial charge is 0.340 e. The standard InChI is InChI=1S/C22H25NO3.ClH/c1-22(2,3)17-8-10-18(11-9-17)25-12-13-26-21(24)20-15-23-14-16-6-4-5-7-19(16)20;/h4-11,14-15,19,23H,12-13H2,1-3H3;1H. The summed E-state index contributed by atoms with van der Waals surface area (Å²) >= 11 is 0. The number of quaternary nitrogens is 1. The van der Waals surface area contributed by atoms with Crippen LogP contribution in [-0.4, -0.2) is 19.2 Å². The van der Waals surface area contributed by atoms with Crippen molar-refractivity contribution >= 4 is 5.97 Å². The Balaban J connectivity index is 0.00000261. The third-order valence-electron chi connectivity index (χ3n) is 4.50. The molecule has 0 amide bonds. The molecule has 1 aliphatic carbocycles. The van der Waals surface area contributed by atoms with E-state index in [0.717, 1.165) is 11.3 Å². The van der Waals surface area contributed by atoms with Gasteiger partial charge in [-0.05, 0) is 23.1 Å². The average Bonchev–Trinajstić information content (AvgIpc) is 2.64. The van der Waals surface area contributed by atoms with Crippen molar-refractivity contribution in [2.75, 3.05) is 13.2 Å². The lowest BCUT2D eigenvalue weighted by atomic mass is 9.87. The molecule has 1 aromatic rings. The van der Waals surface area contributed by atoms with Gasteiger partial charge in [-0.1, -0.05) is 57.2 Å². The lowest BCUT2D eigenvalue weighted by Crippen LogP contribution is -3.00. The van der Waals surface area contributed by atoms with Crippen molar-refractivity contribution in [1.29, 1.82) is 0 Å². The monoisotopic (exact) mass is 387 g/mol. The van der Waals surface area contributed by atoms with E-state index < -0.39 is 0 Å². The maximum atomic E-state index is 12.4. The van der Waals surface area contributed by atoms with Gasteiger partial charge in [-0.3, -0.25) is 5.32 Å². The lowest BCUT2D eigenvalue weighted by Gasteiger charge is -2.20. The zero-order valence-corrected chi connectivity index (χ0v) is 16.7. The Kier molecular flexibility index (Phi) is 7.05. The number of hydrogen-bond donors (Lipinski definition) is 1. The molecule has 1 unspecified atom stereocenters. The summed E-state index contributed by atoms with van der Waals surface area (Å²) in [6, 6.07) is 8.05. The second kappa shape index (κ2) is 9.07. The van der Waals surface area contributed by atoms with Crippen LogP contribution in [0.25, 0.3) is 0 Å². The van der Waals surface area contributed by atoms with E-state index in [0.29, 0.717) is 12.2 Å². The van der Waals surface area contributed by atoms with E-state index in [-0.39, 0.29) is 36.3 Å². The number of allylic oxidation sites excluding steroid dienone is 5. The zero-order chi connectivity index (χ0) is 18.6. The molecule has 1 aromatic carbocycles. The third kappa shape index (κ3) is 5.34. The minimum Gasteiger partial charge on any atom is -1.00 e. The van der Waals surface area contributed by atoms with Gasteiger partial charge in [-0.25, -0.2) is 4.79 Å². The highest BCUT2D eigenvalue weighted by molar-refractivity contribution is 5.90. The van der Waals surface area contributed by atoms with Crippen LogP contribution in [0.4, 0.5) is 0 Å². The molecule has 0 bridgehead atoms. The Labute approximate surface area is 167 Å². The molecule has 2 aliphatic rings. The van der Waals surface area contributed by atoms with Crippen LogP contribution < -0.4 is 22.5 Å². The molecule has 0 saturated heterocycles. The zero-order valence-electron chi connectivity index (χ0n) is 15.9. The fourth-order valence-electron chi connectivity index (χ4n) is 2.99. The number of carbonyl (C=O) groups is 1. The van der Waals surface area contributed by atoms with Gasteiger partial charge in [-0.2, -0.15) is 0 Å². The predicted octanol–water partition coefficient (Wildman–Crippen LogP) is -0.00290. The van der Waals surface area contributed by atoms with Crippen LogP contribution in [0.1, 0.15) is 26.3 Å². The molecule has 1 heterocycles. The van der Waals surface area contributed by atoms with Crippen LogP contribution in [0.2, 0.25) is 0 Å². The Morgan fingerprint density at radius 2 is 1.81 bits per heavy atom. The number of ether oxygens (including phenoxy) is 2. The maximum absolute atomic E-state index is 12.4. The quantitative estimate of drug-likeness (QED) is 0.571. The van der Waals surface area contributed by atoms with Gasteiger partial charge < -0.3 is 21.9 Å². The summed E-state index contributed by atoms with van der Waals surface area (Å²) in [5, 5.41) is 1.89. The molecule has 5 heteroatoms. The van der Waals surface area contributed by atoms with Crippen LogP contribution in [-0.2, 0) is 14.9 Å². The van der Waals surface area contributed by atoms with Crippen molar-refractivity contribution in [3.05, 3.63) is 77.7 Å². The molecule has 144 valence electrons. The van der Waals surface area contributed by atoms with Gasteiger partial charge in [0.25, 0.3) is 0 Å². The second-order valence-electron chi connectivity index (χ2n) is 7.46. The van der Waals surface area contributed by atoms with E-state index in [2.05, 4.69) is 32.9 Å².